The number of hydrogen-bond donors (Lipinski definition) is 3. The lowest BCUT2D eigenvalue weighted by Crippen LogP contribution is -2.18. The fraction of sp³-hybridized carbons (Fsp3) is 0.167. The summed E-state index contributed by atoms with van der Waals surface area (Å²) in [6, 6.07) is 6.89. The number of nitrogen functional groups attached to an aromatic ring is 1. The van der Waals surface area contributed by atoms with Gasteiger partial charge in [0.25, 0.3) is 0 Å². The van der Waals surface area contributed by atoms with Crippen molar-refractivity contribution in [2.45, 2.75) is 0 Å². The summed E-state index contributed by atoms with van der Waals surface area (Å²) < 4.78 is 0. The van der Waals surface area contributed by atoms with E-state index >= 15 is 0 Å². The summed E-state index contributed by atoms with van der Waals surface area (Å²) in [7, 11) is 3.60. The minimum absolute atomic E-state index is 0.223. The van der Waals surface area contributed by atoms with Gasteiger partial charge in [0.1, 0.15) is 0 Å². The van der Waals surface area contributed by atoms with E-state index in [9.17, 15) is 0 Å². The Labute approximate surface area is 126 Å². The maximum atomic E-state index is 8.82. The number of nitriles is 1. The molecule has 0 saturated carbocycles. The summed E-state index contributed by atoms with van der Waals surface area (Å²) >= 11 is 6.10. The Bertz CT molecular complexity index is 694. The zero-order chi connectivity index (χ0) is 15.4. The molecule has 21 heavy (non-hydrogen) atoms. The molecule has 1 aromatic heterocycles. The summed E-state index contributed by atoms with van der Waals surface area (Å²) in [5.74, 6) is 6.28. The molecular weight excluding hydrogens is 292 g/mol. The van der Waals surface area contributed by atoms with Gasteiger partial charge < -0.3 is 10.2 Å². The molecule has 1 heterocycles. The Hall–Kier alpha value is -2.63. The number of nitrogens with zero attached hydrogens (tertiary/aromatic N) is 5. The first-order valence-electron chi connectivity index (χ1n) is 5.90. The van der Waals surface area contributed by atoms with Crippen molar-refractivity contribution in [3.63, 3.8) is 0 Å². The molecule has 0 radical (unpaired) electrons. The Morgan fingerprint density at radius 3 is 2.52 bits per heavy atom. The molecule has 2 aromatic rings. The number of hydrazine groups is 1. The van der Waals surface area contributed by atoms with Crippen LogP contribution in [-0.4, -0.2) is 29.0 Å². The molecule has 0 bridgehead atoms. The molecule has 0 aliphatic carbocycles. The topological polar surface area (TPSA) is 116 Å². The van der Waals surface area contributed by atoms with Crippen LogP contribution in [0.3, 0.4) is 0 Å². The van der Waals surface area contributed by atoms with Crippen molar-refractivity contribution in [3.05, 3.63) is 28.8 Å². The van der Waals surface area contributed by atoms with Crippen LogP contribution in [0, 0.1) is 11.3 Å². The number of rotatable bonds is 4. The molecule has 4 N–H and O–H groups in total. The van der Waals surface area contributed by atoms with Crippen molar-refractivity contribution < 1.29 is 0 Å². The van der Waals surface area contributed by atoms with Gasteiger partial charge in [-0.1, -0.05) is 11.6 Å². The number of nitrogens with one attached hydrogen (secondary N) is 2. The molecule has 8 nitrogen and oxygen atoms in total. The van der Waals surface area contributed by atoms with Crippen molar-refractivity contribution >= 4 is 35.1 Å². The van der Waals surface area contributed by atoms with E-state index in [1.165, 1.54) is 0 Å². The minimum Gasteiger partial charge on any atom is -0.347 e. The first kappa shape index (κ1) is 14.8. The van der Waals surface area contributed by atoms with Gasteiger partial charge in [-0.05, 0) is 18.2 Å². The van der Waals surface area contributed by atoms with E-state index in [0.717, 1.165) is 0 Å². The lowest BCUT2D eigenvalue weighted by molar-refractivity contribution is 0.957. The first-order chi connectivity index (χ1) is 10.0. The number of anilines is 4. The fourth-order valence-electron chi connectivity index (χ4n) is 1.49. The van der Waals surface area contributed by atoms with E-state index in [-0.39, 0.29) is 11.9 Å². The van der Waals surface area contributed by atoms with Gasteiger partial charge >= 0.3 is 0 Å². The normalized spacial score (nSPS) is 9.86. The molecule has 0 atom stereocenters. The highest BCUT2D eigenvalue weighted by molar-refractivity contribution is 6.33. The van der Waals surface area contributed by atoms with Gasteiger partial charge in [0.15, 0.2) is 0 Å². The number of nitrogens with two attached hydrogens (primary N) is 1. The highest BCUT2D eigenvalue weighted by Crippen LogP contribution is 2.25. The Morgan fingerprint density at radius 1 is 1.24 bits per heavy atom. The zero-order valence-corrected chi connectivity index (χ0v) is 12.2. The summed E-state index contributed by atoms with van der Waals surface area (Å²) in [6.45, 7) is 0. The summed E-state index contributed by atoms with van der Waals surface area (Å²) in [4.78, 5) is 14.1. The molecular formula is C12H13ClN8. The highest BCUT2D eigenvalue weighted by atomic mass is 35.5. The van der Waals surface area contributed by atoms with Crippen molar-refractivity contribution in [3.8, 4) is 6.07 Å². The van der Waals surface area contributed by atoms with E-state index in [4.69, 9.17) is 22.7 Å². The van der Waals surface area contributed by atoms with Gasteiger partial charge in [0.2, 0.25) is 17.8 Å². The summed E-state index contributed by atoms with van der Waals surface area (Å²) in [6.07, 6.45) is 0. The fourth-order valence-corrected chi connectivity index (χ4v) is 1.72. The quantitative estimate of drug-likeness (QED) is 0.574. The molecule has 0 amide bonds. The number of benzene rings is 1. The van der Waals surface area contributed by atoms with Crippen LogP contribution in [0.15, 0.2) is 18.2 Å². The molecule has 0 unspecified atom stereocenters. The third-order valence-corrected chi connectivity index (χ3v) is 2.81. The maximum absolute atomic E-state index is 8.82. The van der Waals surface area contributed by atoms with Crippen LogP contribution in [0.4, 0.5) is 23.5 Å². The standard InChI is InChI=1S/C12H13ClN8/c1-21(2)12-18-10(17-11(19-12)20-15)16-9-4-3-7(6-14)5-8(9)13/h3-5H,15H2,1-2H3,(H2,16,17,18,19,20). The summed E-state index contributed by atoms with van der Waals surface area (Å²) in [5, 5.41) is 12.2. The van der Waals surface area contributed by atoms with Crippen molar-refractivity contribution in [2.75, 3.05) is 29.7 Å². The number of halogens is 1. The zero-order valence-electron chi connectivity index (χ0n) is 11.4. The molecule has 0 aliphatic rings. The molecule has 0 fully saturated rings. The van der Waals surface area contributed by atoms with Gasteiger partial charge in [-0.25, -0.2) is 5.84 Å². The third-order valence-electron chi connectivity index (χ3n) is 2.50. The van der Waals surface area contributed by atoms with Crippen LogP contribution in [0.1, 0.15) is 5.56 Å². The average Bonchev–Trinajstić information content (AvgIpc) is 2.48. The highest BCUT2D eigenvalue weighted by Gasteiger charge is 2.09. The molecule has 0 aliphatic heterocycles. The second-order valence-corrected chi connectivity index (χ2v) is 4.66. The lowest BCUT2D eigenvalue weighted by atomic mass is 10.2. The van der Waals surface area contributed by atoms with Crippen LogP contribution in [0.25, 0.3) is 0 Å². The predicted octanol–water partition coefficient (Wildman–Crippen LogP) is 1.49. The molecule has 108 valence electrons. The van der Waals surface area contributed by atoms with Gasteiger partial charge in [0.05, 0.1) is 22.3 Å². The third kappa shape index (κ3) is 3.47. The van der Waals surface area contributed by atoms with Gasteiger partial charge in [0, 0.05) is 14.1 Å². The van der Waals surface area contributed by atoms with Crippen LogP contribution in [0.2, 0.25) is 5.02 Å². The van der Waals surface area contributed by atoms with Gasteiger partial charge in [-0.3, -0.25) is 5.43 Å². The van der Waals surface area contributed by atoms with Crippen LogP contribution in [0.5, 0.6) is 0 Å². The lowest BCUT2D eigenvalue weighted by Gasteiger charge is -2.13. The van der Waals surface area contributed by atoms with Crippen LogP contribution in [-0.2, 0) is 0 Å². The smallest absolute Gasteiger partial charge is 0.243 e. The summed E-state index contributed by atoms with van der Waals surface area (Å²) in [5.41, 5.74) is 3.43. The molecule has 0 spiro atoms. The molecule has 9 heteroatoms. The van der Waals surface area contributed by atoms with E-state index in [0.29, 0.717) is 22.2 Å². The monoisotopic (exact) mass is 304 g/mol. The largest absolute Gasteiger partial charge is 0.347 e. The van der Waals surface area contributed by atoms with Gasteiger partial charge in [-0.15, -0.1) is 0 Å². The second-order valence-electron chi connectivity index (χ2n) is 4.25. The average molecular weight is 305 g/mol. The Kier molecular flexibility index (Phi) is 4.37. The Balaban J connectivity index is 2.35. The minimum atomic E-state index is 0.223. The van der Waals surface area contributed by atoms with Crippen LogP contribution < -0.4 is 21.5 Å². The number of aromatic nitrogens is 3. The predicted molar refractivity (Wildman–Crippen MR) is 81.4 cm³/mol. The SMILES string of the molecule is CN(C)c1nc(NN)nc(Nc2ccc(C#N)cc2Cl)n1. The van der Waals surface area contributed by atoms with E-state index in [1.807, 2.05) is 6.07 Å². The Morgan fingerprint density at radius 2 is 1.95 bits per heavy atom. The van der Waals surface area contributed by atoms with Crippen molar-refractivity contribution in [1.82, 2.24) is 15.0 Å². The van der Waals surface area contributed by atoms with Crippen molar-refractivity contribution in [1.29, 1.82) is 5.26 Å². The van der Waals surface area contributed by atoms with Crippen LogP contribution >= 0.6 is 11.6 Å². The van der Waals surface area contributed by atoms with Gasteiger partial charge in [-0.2, -0.15) is 20.2 Å². The molecule has 2 rings (SSSR count). The van der Waals surface area contributed by atoms with E-state index in [2.05, 4.69) is 25.7 Å². The molecule has 1 aromatic carbocycles. The van der Waals surface area contributed by atoms with Crippen molar-refractivity contribution in [2.24, 2.45) is 5.84 Å². The van der Waals surface area contributed by atoms with E-state index < -0.39 is 0 Å². The maximum Gasteiger partial charge on any atom is 0.243 e. The molecule has 0 saturated heterocycles. The first-order valence-corrected chi connectivity index (χ1v) is 6.28. The second kappa shape index (κ2) is 6.21. The number of hydrogen-bond acceptors (Lipinski definition) is 8. The van der Waals surface area contributed by atoms with E-state index in [1.54, 1.807) is 37.2 Å².